The van der Waals surface area contributed by atoms with E-state index in [-0.39, 0.29) is 30.6 Å². The standard InChI is InChI=1S/C22H19FO10/c23-22(11-4-14(25)18(27)15(26)5-11)13(20(29)30)7-21(31,32)19(28)17(22)10-3-9-1-2-12(24)6-16(9)33-8-10/h1-2,4-7,10,24-28,31-32H,3,8H2,(H,29,30). The lowest BCUT2D eigenvalue weighted by Crippen LogP contribution is -2.46. The largest absolute Gasteiger partial charge is 0.508 e. The fourth-order valence-corrected chi connectivity index (χ4v) is 4.22. The Balaban J connectivity index is 1.95. The molecule has 0 amide bonds. The quantitative estimate of drug-likeness (QED) is 0.245. The lowest BCUT2D eigenvalue weighted by atomic mass is 9.69. The third-order valence-electron chi connectivity index (χ3n) is 5.75. The first-order chi connectivity index (χ1) is 15.4. The lowest BCUT2D eigenvalue weighted by Gasteiger charge is -2.41. The van der Waals surface area contributed by atoms with Crippen LogP contribution < -0.4 is 4.74 Å². The van der Waals surface area contributed by atoms with E-state index in [1.165, 1.54) is 18.2 Å². The number of rotatable bonds is 3. The average Bonchev–Trinajstić information content (AvgIpc) is 2.74. The van der Waals surface area contributed by atoms with Crippen molar-refractivity contribution in [2.75, 3.05) is 6.61 Å². The molecule has 1 aliphatic heterocycles. The van der Waals surface area contributed by atoms with Gasteiger partial charge in [0.2, 0.25) is 5.79 Å². The van der Waals surface area contributed by atoms with E-state index in [1.807, 2.05) is 0 Å². The highest BCUT2D eigenvalue weighted by atomic mass is 19.1. The molecule has 174 valence electrons. The zero-order chi connectivity index (χ0) is 24.3. The van der Waals surface area contributed by atoms with Crippen molar-refractivity contribution in [2.45, 2.75) is 17.9 Å². The summed E-state index contributed by atoms with van der Waals surface area (Å²) in [5, 5.41) is 79.9. The molecule has 2 unspecified atom stereocenters. The molecule has 4 rings (SSSR count). The van der Waals surface area contributed by atoms with Crippen molar-refractivity contribution in [1.82, 2.24) is 0 Å². The molecule has 11 heteroatoms. The summed E-state index contributed by atoms with van der Waals surface area (Å²) in [4.78, 5) is 12.0. The summed E-state index contributed by atoms with van der Waals surface area (Å²) in [5.74, 6) is -10.4. The number of aliphatic hydroxyl groups excluding tert-OH is 1. The average molecular weight is 462 g/mol. The van der Waals surface area contributed by atoms with E-state index < -0.39 is 63.1 Å². The molecule has 2 aromatic rings. The molecule has 2 atom stereocenters. The molecule has 8 N–H and O–H groups in total. The van der Waals surface area contributed by atoms with Crippen molar-refractivity contribution < 1.29 is 54.8 Å². The van der Waals surface area contributed by atoms with Gasteiger partial charge in [0.1, 0.15) is 11.5 Å². The summed E-state index contributed by atoms with van der Waals surface area (Å²) >= 11 is 0. The van der Waals surface area contributed by atoms with E-state index in [2.05, 4.69) is 0 Å². The minimum Gasteiger partial charge on any atom is -0.508 e. The maximum Gasteiger partial charge on any atom is 0.335 e. The van der Waals surface area contributed by atoms with Gasteiger partial charge in [0, 0.05) is 23.1 Å². The number of aromatic hydroxyl groups is 4. The van der Waals surface area contributed by atoms with Crippen LogP contribution in [0.5, 0.6) is 28.7 Å². The number of ether oxygens (including phenoxy) is 1. The summed E-state index contributed by atoms with van der Waals surface area (Å²) in [6.45, 7) is -0.347. The van der Waals surface area contributed by atoms with Gasteiger partial charge in [-0.1, -0.05) is 6.07 Å². The van der Waals surface area contributed by atoms with Gasteiger partial charge in [-0.25, -0.2) is 9.18 Å². The second-order valence-corrected chi connectivity index (χ2v) is 7.88. The zero-order valence-electron chi connectivity index (χ0n) is 16.7. The van der Waals surface area contributed by atoms with Crippen molar-refractivity contribution in [3.05, 3.63) is 64.4 Å². The number of aliphatic carboxylic acids is 1. The third-order valence-corrected chi connectivity index (χ3v) is 5.75. The Morgan fingerprint density at radius 2 is 1.67 bits per heavy atom. The molecule has 1 aliphatic carbocycles. The van der Waals surface area contributed by atoms with Crippen molar-refractivity contribution in [3.63, 3.8) is 0 Å². The highest BCUT2D eigenvalue weighted by Gasteiger charge is 2.56. The number of benzene rings is 2. The van der Waals surface area contributed by atoms with Gasteiger partial charge in [-0.05, 0) is 36.3 Å². The van der Waals surface area contributed by atoms with Gasteiger partial charge >= 0.3 is 5.97 Å². The molecule has 0 fully saturated rings. The first kappa shape index (κ1) is 22.2. The number of phenols is 4. The van der Waals surface area contributed by atoms with E-state index in [0.29, 0.717) is 17.7 Å². The van der Waals surface area contributed by atoms with Crippen LogP contribution in [0.4, 0.5) is 4.39 Å². The van der Waals surface area contributed by atoms with E-state index in [1.54, 1.807) is 0 Å². The van der Waals surface area contributed by atoms with Gasteiger partial charge in [0.05, 0.1) is 12.2 Å². The van der Waals surface area contributed by atoms with Crippen LogP contribution in [0.1, 0.15) is 11.1 Å². The van der Waals surface area contributed by atoms with Crippen molar-refractivity contribution >= 4 is 5.97 Å². The molecule has 0 saturated carbocycles. The van der Waals surface area contributed by atoms with Gasteiger partial charge in [-0.15, -0.1) is 0 Å². The van der Waals surface area contributed by atoms with Crippen LogP contribution in [0.3, 0.4) is 0 Å². The van der Waals surface area contributed by atoms with Gasteiger partial charge < -0.3 is 45.6 Å². The molecule has 0 radical (unpaired) electrons. The fourth-order valence-electron chi connectivity index (χ4n) is 4.22. The predicted octanol–water partition coefficient (Wildman–Crippen LogP) is 1.44. The molecule has 2 aromatic carbocycles. The Morgan fingerprint density at radius 3 is 2.27 bits per heavy atom. The smallest absolute Gasteiger partial charge is 0.335 e. The van der Waals surface area contributed by atoms with Gasteiger partial charge in [0.25, 0.3) is 0 Å². The van der Waals surface area contributed by atoms with Gasteiger partial charge in [-0.3, -0.25) is 0 Å². The molecule has 2 aliphatic rings. The van der Waals surface area contributed by atoms with Crippen LogP contribution in [-0.4, -0.2) is 59.2 Å². The van der Waals surface area contributed by atoms with Crippen molar-refractivity contribution in [3.8, 4) is 28.7 Å². The lowest BCUT2D eigenvalue weighted by molar-refractivity contribution is -0.138. The van der Waals surface area contributed by atoms with Gasteiger partial charge in [0.15, 0.2) is 28.7 Å². The Morgan fingerprint density at radius 1 is 1.03 bits per heavy atom. The number of hydrogen-bond donors (Lipinski definition) is 8. The molecule has 0 bridgehead atoms. The Hall–Kier alpha value is -3.96. The molecule has 33 heavy (non-hydrogen) atoms. The van der Waals surface area contributed by atoms with Crippen LogP contribution in [0.15, 0.2) is 53.3 Å². The summed E-state index contributed by atoms with van der Waals surface area (Å²) in [6, 6.07) is 5.41. The normalized spacial score (nSPS) is 24.0. The number of aliphatic hydroxyl groups is 3. The molecule has 10 nitrogen and oxygen atoms in total. The van der Waals surface area contributed by atoms with Crippen LogP contribution in [0, 0.1) is 5.92 Å². The van der Waals surface area contributed by atoms with E-state index in [4.69, 9.17) is 4.74 Å². The van der Waals surface area contributed by atoms with Gasteiger partial charge in [-0.2, -0.15) is 0 Å². The number of carboxylic acids is 1. The minimum absolute atomic E-state index is 0.0558. The topological polar surface area (TPSA) is 188 Å². The molecule has 0 aromatic heterocycles. The molecular formula is C22H19FO10. The molecule has 1 heterocycles. The number of carbonyl (C=O) groups is 1. The first-order valence-electron chi connectivity index (χ1n) is 9.60. The van der Waals surface area contributed by atoms with Crippen molar-refractivity contribution in [1.29, 1.82) is 0 Å². The summed E-state index contributed by atoms with van der Waals surface area (Å²) < 4.78 is 22.4. The maximum atomic E-state index is 16.9. The number of carboxylic acid groups (broad SMARTS) is 1. The zero-order valence-corrected chi connectivity index (χ0v) is 16.7. The number of halogens is 1. The molecule has 0 saturated heterocycles. The number of phenolic OH excluding ortho intramolecular Hbond substituents is 4. The summed E-state index contributed by atoms with van der Waals surface area (Å²) in [7, 11) is 0. The molecule has 0 spiro atoms. The first-order valence-corrected chi connectivity index (χ1v) is 9.60. The van der Waals surface area contributed by atoms with Crippen LogP contribution >= 0.6 is 0 Å². The highest BCUT2D eigenvalue weighted by molar-refractivity contribution is 5.92. The minimum atomic E-state index is -3.28. The van der Waals surface area contributed by atoms with E-state index >= 15 is 4.39 Å². The monoisotopic (exact) mass is 462 g/mol. The van der Waals surface area contributed by atoms with Crippen LogP contribution in [0.2, 0.25) is 0 Å². The Labute approximate surface area is 185 Å². The van der Waals surface area contributed by atoms with Crippen molar-refractivity contribution in [2.24, 2.45) is 5.92 Å². The Bertz CT molecular complexity index is 1210. The SMILES string of the molecule is O=C(O)C1=CC(O)(O)C(O)=C(C2COc3cc(O)ccc3C2)C1(F)c1cc(O)c(O)c(O)c1. The summed E-state index contributed by atoms with van der Waals surface area (Å²) in [6.07, 6.45) is 0.143. The van der Waals surface area contributed by atoms with E-state index in [9.17, 15) is 45.6 Å². The summed E-state index contributed by atoms with van der Waals surface area (Å²) in [5.41, 5.74) is -5.51. The molecular weight excluding hydrogens is 443 g/mol. The highest BCUT2D eigenvalue weighted by Crippen LogP contribution is 2.54. The maximum absolute atomic E-state index is 16.9. The second-order valence-electron chi connectivity index (χ2n) is 7.88. The Kier molecular flexibility index (Phi) is 4.91. The fraction of sp³-hybridized carbons (Fsp3) is 0.227. The van der Waals surface area contributed by atoms with E-state index in [0.717, 1.165) is 0 Å². The van der Waals surface area contributed by atoms with Crippen LogP contribution in [-0.2, 0) is 16.9 Å². The third kappa shape index (κ3) is 3.38. The number of alkyl halides is 1. The predicted molar refractivity (Wildman–Crippen MR) is 108 cm³/mol. The number of fused-ring (bicyclic) bond motifs is 1. The second kappa shape index (κ2) is 7.29. The van der Waals surface area contributed by atoms with Crippen LogP contribution in [0.25, 0.3) is 0 Å². The number of hydrogen-bond acceptors (Lipinski definition) is 9.